The lowest BCUT2D eigenvalue weighted by atomic mass is 10.1. The molecule has 1 atom stereocenters. The van der Waals surface area contributed by atoms with Gasteiger partial charge in [-0.15, -0.1) is 0 Å². The van der Waals surface area contributed by atoms with Crippen LogP contribution in [0.25, 0.3) is 0 Å². The standard InChI is InChI=1S/C22H25N3O3/c26-21-11-10-20(25(21)16-17-6-2-1-3-7-17)22(27)23-18-8-4-5-9-19(18)24-12-14-28-15-13-24/h1-9,20H,10-16H2,(H,23,27). The first kappa shape index (κ1) is 18.5. The lowest BCUT2D eigenvalue weighted by Crippen LogP contribution is -2.41. The zero-order valence-corrected chi connectivity index (χ0v) is 15.8. The lowest BCUT2D eigenvalue weighted by molar-refractivity contribution is -0.133. The molecular weight excluding hydrogens is 354 g/mol. The van der Waals surface area contributed by atoms with Gasteiger partial charge in [-0.2, -0.15) is 0 Å². The van der Waals surface area contributed by atoms with E-state index in [1.165, 1.54) is 0 Å². The molecule has 6 heteroatoms. The van der Waals surface area contributed by atoms with Crippen LogP contribution in [0.3, 0.4) is 0 Å². The Hall–Kier alpha value is -2.86. The van der Waals surface area contributed by atoms with Gasteiger partial charge in [-0.25, -0.2) is 0 Å². The van der Waals surface area contributed by atoms with Gasteiger partial charge >= 0.3 is 0 Å². The summed E-state index contributed by atoms with van der Waals surface area (Å²) in [5.74, 6) is -0.0899. The molecule has 0 spiro atoms. The van der Waals surface area contributed by atoms with Crippen molar-refractivity contribution in [2.24, 2.45) is 0 Å². The van der Waals surface area contributed by atoms with Crippen molar-refractivity contribution in [3.63, 3.8) is 0 Å². The number of ether oxygens (including phenoxy) is 1. The second kappa shape index (κ2) is 8.44. The van der Waals surface area contributed by atoms with Crippen molar-refractivity contribution in [1.29, 1.82) is 0 Å². The molecule has 2 aromatic carbocycles. The third kappa shape index (κ3) is 4.02. The van der Waals surface area contributed by atoms with Crippen molar-refractivity contribution in [1.82, 2.24) is 4.90 Å². The van der Waals surface area contributed by atoms with Crippen LogP contribution in [0.1, 0.15) is 18.4 Å². The summed E-state index contributed by atoms with van der Waals surface area (Å²) >= 11 is 0. The minimum atomic E-state index is -0.439. The van der Waals surface area contributed by atoms with Gasteiger partial charge in [0, 0.05) is 26.1 Å². The summed E-state index contributed by atoms with van der Waals surface area (Å²) in [5, 5.41) is 3.07. The number of carbonyl (C=O) groups is 2. The van der Waals surface area contributed by atoms with Crippen LogP contribution >= 0.6 is 0 Å². The van der Waals surface area contributed by atoms with E-state index in [1.807, 2.05) is 54.6 Å². The lowest BCUT2D eigenvalue weighted by Gasteiger charge is -2.31. The van der Waals surface area contributed by atoms with Crippen LogP contribution in [0.5, 0.6) is 0 Å². The molecule has 28 heavy (non-hydrogen) atoms. The normalized spacial score (nSPS) is 19.7. The fourth-order valence-electron chi connectivity index (χ4n) is 3.86. The number of amides is 2. The van der Waals surface area contributed by atoms with Gasteiger partial charge in [0.25, 0.3) is 0 Å². The molecular formula is C22H25N3O3. The summed E-state index contributed by atoms with van der Waals surface area (Å²) in [4.78, 5) is 29.4. The van der Waals surface area contributed by atoms with E-state index in [0.29, 0.717) is 32.6 Å². The third-order valence-corrected chi connectivity index (χ3v) is 5.34. The quantitative estimate of drug-likeness (QED) is 0.868. The zero-order chi connectivity index (χ0) is 19.3. The van der Waals surface area contributed by atoms with Gasteiger partial charge in [-0.05, 0) is 24.1 Å². The number of rotatable bonds is 5. The Morgan fingerprint density at radius 2 is 1.75 bits per heavy atom. The van der Waals surface area contributed by atoms with Crippen LogP contribution in [-0.2, 0) is 20.9 Å². The van der Waals surface area contributed by atoms with E-state index in [1.54, 1.807) is 4.90 Å². The number of likely N-dealkylation sites (tertiary alicyclic amines) is 1. The first-order valence-electron chi connectivity index (χ1n) is 9.78. The van der Waals surface area contributed by atoms with Crippen molar-refractivity contribution in [2.75, 3.05) is 36.5 Å². The molecule has 2 heterocycles. The Labute approximate surface area is 165 Å². The van der Waals surface area contributed by atoms with E-state index < -0.39 is 6.04 Å². The highest BCUT2D eigenvalue weighted by Gasteiger charge is 2.36. The molecule has 1 unspecified atom stereocenters. The number of nitrogens with zero attached hydrogens (tertiary/aromatic N) is 2. The van der Waals surface area contributed by atoms with E-state index in [2.05, 4.69) is 10.2 Å². The topological polar surface area (TPSA) is 61.9 Å². The van der Waals surface area contributed by atoms with Crippen molar-refractivity contribution in [2.45, 2.75) is 25.4 Å². The molecule has 2 aliphatic rings. The van der Waals surface area contributed by atoms with E-state index in [0.717, 1.165) is 30.0 Å². The van der Waals surface area contributed by atoms with Crippen LogP contribution in [0.15, 0.2) is 54.6 Å². The molecule has 6 nitrogen and oxygen atoms in total. The van der Waals surface area contributed by atoms with Crippen molar-refractivity contribution < 1.29 is 14.3 Å². The van der Waals surface area contributed by atoms with Gasteiger partial charge in [0.15, 0.2) is 0 Å². The van der Waals surface area contributed by atoms with Crippen LogP contribution in [0.4, 0.5) is 11.4 Å². The molecule has 2 fully saturated rings. The highest BCUT2D eigenvalue weighted by Crippen LogP contribution is 2.28. The van der Waals surface area contributed by atoms with Gasteiger partial charge in [0.1, 0.15) is 6.04 Å². The molecule has 0 saturated carbocycles. The van der Waals surface area contributed by atoms with E-state index in [4.69, 9.17) is 4.74 Å². The molecule has 2 aromatic rings. The predicted molar refractivity (Wildman–Crippen MR) is 108 cm³/mol. The zero-order valence-electron chi connectivity index (χ0n) is 15.8. The van der Waals surface area contributed by atoms with Crippen molar-refractivity contribution in [3.8, 4) is 0 Å². The Morgan fingerprint density at radius 1 is 1.04 bits per heavy atom. The second-order valence-corrected chi connectivity index (χ2v) is 7.17. The molecule has 2 aliphatic heterocycles. The first-order valence-corrected chi connectivity index (χ1v) is 9.78. The van der Waals surface area contributed by atoms with Crippen LogP contribution in [-0.4, -0.2) is 49.1 Å². The van der Waals surface area contributed by atoms with Crippen molar-refractivity contribution in [3.05, 3.63) is 60.2 Å². The summed E-state index contributed by atoms with van der Waals surface area (Å²) in [7, 11) is 0. The Balaban J connectivity index is 1.49. The molecule has 0 aliphatic carbocycles. The smallest absolute Gasteiger partial charge is 0.247 e. The average molecular weight is 379 g/mol. The molecule has 0 radical (unpaired) electrons. The van der Waals surface area contributed by atoms with Gasteiger partial charge in [0.05, 0.1) is 24.6 Å². The highest BCUT2D eigenvalue weighted by molar-refractivity contribution is 6.01. The summed E-state index contributed by atoms with van der Waals surface area (Å²) in [6, 6.07) is 17.2. The molecule has 2 amide bonds. The summed E-state index contributed by atoms with van der Waals surface area (Å²) in [5.41, 5.74) is 2.82. The molecule has 2 saturated heterocycles. The number of anilines is 2. The van der Waals surface area contributed by atoms with E-state index in [9.17, 15) is 9.59 Å². The van der Waals surface area contributed by atoms with E-state index in [-0.39, 0.29) is 11.8 Å². The molecule has 4 rings (SSSR count). The van der Waals surface area contributed by atoms with Crippen LogP contribution in [0, 0.1) is 0 Å². The second-order valence-electron chi connectivity index (χ2n) is 7.17. The van der Waals surface area contributed by atoms with Gasteiger partial charge in [-0.3, -0.25) is 9.59 Å². The van der Waals surface area contributed by atoms with Gasteiger partial charge < -0.3 is 19.9 Å². The minimum absolute atomic E-state index is 0.0328. The maximum absolute atomic E-state index is 13.0. The number of benzene rings is 2. The van der Waals surface area contributed by atoms with Crippen molar-refractivity contribution >= 4 is 23.2 Å². The van der Waals surface area contributed by atoms with Crippen LogP contribution < -0.4 is 10.2 Å². The Kier molecular flexibility index (Phi) is 5.58. The fourth-order valence-corrected chi connectivity index (χ4v) is 3.86. The predicted octanol–water partition coefficient (Wildman–Crippen LogP) is 2.65. The number of nitrogens with one attached hydrogen (secondary N) is 1. The highest BCUT2D eigenvalue weighted by atomic mass is 16.5. The monoisotopic (exact) mass is 379 g/mol. The molecule has 0 aromatic heterocycles. The molecule has 0 bridgehead atoms. The summed E-state index contributed by atoms with van der Waals surface area (Å²) in [6.07, 6.45) is 0.966. The number of hydrogen-bond acceptors (Lipinski definition) is 4. The minimum Gasteiger partial charge on any atom is -0.378 e. The Morgan fingerprint density at radius 3 is 2.54 bits per heavy atom. The van der Waals surface area contributed by atoms with Gasteiger partial charge in [-0.1, -0.05) is 42.5 Å². The Bertz CT molecular complexity index is 834. The summed E-state index contributed by atoms with van der Waals surface area (Å²) in [6.45, 7) is 3.43. The molecule has 146 valence electrons. The maximum atomic E-state index is 13.0. The maximum Gasteiger partial charge on any atom is 0.247 e. The molecule has 1 N–H and O–H groups in total. The number of para-hydroxylation sites is 2. The first-order chi connectivity index (χ1) is 13.7. The average Bonchev–Trinajstić information content (AvgIpc) is 3.10. The van der Waals surface area contributed by atoms with Gasteiger partial charge in [0.2, 0.25) is 11.8 Å². The summed E-state index contributed by atoms with van der Waals surface area (Å²) < 4.78 is 5.43. The van der Waals surface area contributed by atoms with E-state index >= 15 is 0 Å². The third-order valence-electron chi connectivity index (χ3n) is 5.34. The SMILES string of the molecule is O=C(Nc1ccccc1N1CCOCC1)C1CCC(=O)N1Cc1ccccc1. The van der Waals surface area contributed by atoms with Crippen LogP contribution in [0.2, 0.25) is 0 Å². The number of hydrogen-bond donors (Lipinski definition) is 1. The number of carbonyl (C=O) groups excluding carboxylic acids is 2. The fraction of sp³-hybridized carbons (Fsp3) is 0.364. The largest absolute Gasteiger partial charge is 0.378 e. The number of morpholine rings is 1.